The lowest BCUT2D eigenvalue weighted by molar-refractivity contribution is -0.383. The van der Waals surface area contributed by atoms with Gasteiger partial charge in [0.05, 0.1) is 4.92 Å². The van der Waals surface area contributed by atoms with Crippen molar-refractivity contribution >= 4 is 28.7 Å². The van der Waals surface area contributed by atoms with E-state index in [1.807, 2.05) is 25.1 Å². The molecule has 118 valence electrons. The van der Waals surface area contributed by atoms with Gasteiger partial charge in [-0.2, -0.15) is 0 Å². The Morgan fingerprint density at radius 3 is 2.74 bits per heavy atom. The van der Waals surface area contributed by atoms with Crippen molar-refractivity contribution in [3.05, 3.63) is 58.1 Å². The molecule has 1 heterocycles. The van der Waals surface area contributed by atoms with E-state index in [0.29, 0.717) is 25.1 Å². The van der Waals surface area contributed by atoms with E-state index in [0.717, 1.165) is 16.9 Å². The number of amides is 1. The average Bonchev–Trinajstić information content (AvgIpc) is 2.55. The lowest BCUT2D eigenvalue weighted by Crippen LogP contribution is -2.34. The first-order valence-electron chi connectivity index (χ1n) is 7.54. The van der Waals surface area contributed by atoms with Gasteiger partial charge in [0.1, 0.15) is 5.69 Å². The van der Waals surface area contributed by atoms with Crippen molar-refractivity contribution in [3.8, 4) is 0 Å². The van der Waals surface area contributed by atoms with Crippen LogP contribution in [-0.4, -0.2) is 17.4 Å². The van der Waals surface area contributed by atoms with Crippen molar-refractivity contribution < 1.29 is 9.72 Å². The second-order valence-electron chi connectivity index (χ2n) is 5.38. The fourth-order valence-electron chi connectivity index (χ4n) is 2.88. The van der Waals surface area contributed by atoms with Crippen LogP contribution >= 0.6 is 0 Å². The zero-order valence-electron chi connectivity index (χ0n) is 12.8. The number of aryl methyl sites for hydroxylation is 1. The fourth-order valence-corrected chi connectivity index (χ4v) is 2.88. The van der Waals surface area contributed by atoms with Crippen LogP contribution in [0.15, 0.2) is 42.5 Å². The minimum Gasteiger partial charge on any atom is -0.350 e. The Morgan fingerprint density at radius 1 is 1.22 bits per heavy atom. The number of carbonyl (C=O) groups excluding carboxylic acids is 1. The molecule has 0 fully saturated rings. The molecule has 1 amide bonds. The summed E-state index contributed by atoms with van der Waals surface area (Å²) in [6.45, 7) is 2.59. The van der Waals surface area contributed by atoms with E-state index < -0.39 is 4.92 Å². The summed E-state index contributed by atoms with van der Waals surface area (Å²) >= 11 is 0. The van der Waals surface area contributed by atoms with Gasteiger partial charge in [-0.3, -0.25) is 14.9 Å². The Labute approximate surface area is 133 Å². The summed E-state index contributed by atoms with van der Waals surface area (Å²) < 4.78 is 0. The monoisotopic (exact) mass is 311 g/mol. The van der Waals surface area contributed by atoms with Crippen molar-refractivity contribution in [2.45, 2.75) is 19.8 Å². The van der Waals surface area contributed by atoms with Gasteiger partial charge in [-0.05, 0) is 43.2 Å². The Balaban J connectivity index is 1.92. The van der Waals surface area contributed by atoms with Gasteiger partial charge >= 0.3 is 0 Å². The topological polar surface area (TPSA) is 75.5 Å². The number of carbonyl (C=O) groups is 1. The molecule has 0 aromatic heterocycles. The van der Waals surface area contributed by atoms with Crippen LogP contribution in [0, 0.1) is 10.1 Å². The van der Waals surface area contributed by atoms with Crippen LogP contribution in [0.4, 0.5) is 22.7 Å². The van der Waals surface area contributed by atoms with Crippen LogP contribution in [0.3, 0.4) is 0 Å². The van der Waals surface area contributed by atoms with E-state index in [4.69, 9.17) is 0 Å². The van der Waals surface area contributed by atoms with Crippen molar-refractivity contribution in [1.82, 2.24) is 0 Å². The lowest BCUT2D eigenvalue weighted by Gasteiger charge is -2.28. The SMILES string of the molecule is CCN1C(=O)CCc2cc(Nc3ccccc3[N+](=O)[O-])ccc21. The Hall–Kier alpha value is -2.89. The molecule has 2 aromatic rings. The number of hydrogen-bond acceptors (Lipinski definition) is 4. The Bertz CT molecular complexity index is 773. The molecule has 0 atom stereocenters. The molecule has 6 nitrogen and oxygen atoms in total. The van der Waals surface area contributed by atoms with E-state index >= 15 is 0 Å². The highest BCUT2D eigenvalue weighted by molar-refractivity contribution is 5.96. The maximum absolute atomic E-state index is 11.9. The molecule has 0 saturated heterocycles. The van der Waals surface area contributed by atoms with Crippen LogP contribution in [0.1, 0.15) is 18.9 Å². The van der Waals surface area contributed by atoms with E-state index in [9.17, 15) is 14.9 Å². The van der Waals surface area contributed by atoms with Crippen LogP contribution in [0.2, 0.25) is 0 Å². The number of nitro benzene ring substituents is 1. The van der Waals surface area contributed by atoms with Crippen LogP contribution in [0.25, 0.3) is 0 Å². The van der Waals surface area contributed by atoms with E-state index in [1.165, 1.54) is 6.07 Å². The first-order valence-corrected chi connectivity index (χ1v) is 7.54. The smallest absolute Gasteiger partial charge is 0.292 e. The summed E-state index contributed by atoms with van der Waals surface area (Å²) in [6, 6.07) is 12.2. The number of nitro groups is 1. The number of benzene rings is 2. The normalized spacial score (nSPS) is 13.6. The molecule has 3 rings (SSSR count). The van der Waals surface area contributed by atoms with Crippen molar-refractivity contribution in [1.29, 1.82) is 0 Å². The molecule has 0 bridgehead atoms. The standard InChI is InChI=1S/C17H17N3O3/c1-2-19-15-9-8-13(11-12(15)7-10-17(19)21)18-14-5-3-4-6-16(14)20(22)23/h3-6,8-9,11,18H,2,7,10H2,1H3. The highest BCUT2D eigenvalue weighted by Gasteiger charge is 2.23. The van der Waals surface area contributed by atoms with Gasteiger partial charge in [-0.1, -0.05) is 12.1 Å². The molecule has 23 heavy (non-hydrogen) atoms. The molecular weight excluding hydrogens is 294 g/mol. The maximum Gasteiger partial charge on any atom is 0.292 e. The number of anilines is 3. The van der Waals surface area contributed by atoms with Crippen molar-refractivity contribution in [3.63, 3.8) is 0 Å². The number of hydrogen-bond donors (Lipinski definition) is 1. The van der Waals surface area contributed by atoms with E-state index in [-0.39, 0.29) is 11.6 Å². The largest absolute Gasteiger partial charge is 0.350 e. The van der Waals surface area contributed by atoms with Gasteiger partial charge in [0.25, 0.3) is 5.69 Å². The predicted molar refractivity (Wildman–Crippen MR) is 89.2 cm³/mol. The zero-order valence-corrected chi connectivity index (χ0v) is 12.8. The van der Waals surface area contributed by atoms with Crippen LogP contribution in [0.5, 0.6) is 0 Å². The van der Waals surface area contributed by atoms with Crippen LogP contribution in [-0.2, 0) is 11.2 Å². The highest BCUT2D eigenvalue weighted by atomic mass is 16.6. The average molecular weight is 311 g/mol. The Kier molecular flexibility index (Phi) is 3.97. The first kappa shape index (κ1) is 15.0. The molecule has 6 heteroatoms. The third-order valence-corrected chi connectivity index (χ3v) is 3.98. The maximum atomic E-state index is 11.9. The molecule has 0 aliphatic carbocycles. The minimum atomic E-state index is -0.405. The molecule has 0 spiro atoms. The number of fused-ring (bicyclic) bond motifs is 1. The molecule has 1 aliphatic heterocycles. The first-order chi connectivity index (χ1) is 11.1. The van der Waals surface area contributed by atoms with Gasteiger partial charge in [0.15, 0.2) is 0 Å². The molecule has 0 saturated carbocycles. The zero-order chi connectivity index (χ0) is 16.4. The quantitative estimate of drug-likeness (QED) is 0.691. The fraction of sp³-hybridized carbons (Fsp3) is 0.235. The molecule has 0 unspecified atom stereocenters. The van der Waals surface area contributed by atoms with Gasteiger partial charge in [-0.25, -0.2) is 0 Å². The number of rotatable bonds is 4. The molecule has 1 N–H and O–H groups in total. The van der Waals surface area contributed by atoms with Gasteiger partial charge in [0.2, 0.25) is 5.91 Å². The summed E-state index contributed by atoms with van der Waals surface area (Å²) in [5.74, 6) is 0.138. The van der Waals surface area contributed by atoms with Crippen LogP contribution < -0.4 is 10.2 Å². The lowest BCUT2D eigenvalue weighted by atomic mass is 10.0. The molecule has 2 aromatic carbocycles. The third-order valence-electron chi connectivity index (χ3n) is 3.98. The summed E-state index contributed by atoms with van der Waals surface area (Å²) in [6.07, 6.45) is 1.19. The summed E-state index contributed by atoms with van der Waals surface area (Å²) in [5.41, 5.74) is 3.28. The van der Waals surface area contributed by atoms with Gasteiger partial charge < -0.3 is 10.2 Å². The third kappa shape index (κ3) is 2.88. The van der Waals surface area contributed by atoms with Gasteiger partial charge in [-0.15, -0.1) is 0 Å². The van der Waals surface area contributed by atoms with E-state index in [2.05, 4.69) is 5.32 Å². The van der Waals surface area contributed by atoms with Crippen molar-refractivity contribution in [2.24, 2.45) is 0 Å². The van der Waals surface area contributed by atoms with Gasteiger partial charge in [0, 0.05) is 30.4 Å². The summed E-state index contributed by atoms with van der Waals surface area (Å²) in [5, 5.41) is 14.2. The second kappa shape index (κ2) is 6.08. The second-order valence-corrected chi connectivity index (χ2v) is 5.38. The van der Waals surface area contributed by atoms with Crippen molar-refractivity contribution in [2.75, 3.05) is 16.8 Å². The van der Waals surface area contributed by atoms with E-state index in [1.54, 1.807) is 23.1 Å². The summed E-state index contributed by atoms with van der Waals surface area (Å²) in [4.78, 5) is 24.4. The Morgan fingerprint density at radius 2 is 2.00 bits per heavy atom. The predicted octanol–water partition coefficient (Wildman–Crippen LogP) is 3.64. The molecular formula is C17H17N3O3. The number of nitrogens with zero attached hydrogens (tertiary/aromatic N) is 2. The minimum absolute atomic E-state index is 0.0376. The molecule has 1 aliphatic rings. The number of para-hydroxylation sites is 2. The highest BCUT2D eigenvalue weighted by Crippen LogP contribution is 2.33. The number of nitrogens with one attached hydrogen (secondary N) is 1. The summed E-state index contributed by atoms with van der Waals surface area (Å²) in [7, 11) is 0. The molecule has 0 radical (unpaired) electrons.